The second kappa shape index (κ2) is 6.10. The minimum absolute atomic E-state index is 0.0846. The van der Waals surface area contributed by atoms with Crippen molar-refractivity contribution in [3.8, 4) is 0 Å². The molecular formula is C19H21NOS2. The summed E-state index contributed by atoms with van der Waals surface area (Å²) in [5, 5.41) is 3.15. The van der Waals surface area contributed by atoms with Crippen molar-refractivity contribution >= 4 is 39.9 Å². The summed E-state index contributed by atoms with van der Waals surface area (Å²) in [6.07, 6.45) is 2.51. The number of rotatable bonds is 4. The molecule has 23 heavy (non-hydrogen) atoms. The van der Waals surface area contributed by atoms with Crippen LogP contribution in [0.4, 0.5) is 0 Å². The summed E-state index contributed by atoms with van der Waals surface area (Å²) in [5.41, 5.74) is 4.49. The lowest BCUT2D eigenvalue weighted by molar-refractivity contribution is -0.121. The van der Waals surface area contributed by atoms with Gasteiger partial charge in [-0.1, -0.05) is 6.08 Å². The molecule has 0 bridgehead atoms. The van der Waals surface area contributed by atoms with Crippen molar-refractivity contribution in [2.24, 2.45) is 5.92 Å². The van der Waals surface area contributed by atoms with Crippen molar-refractivity contribution in [1.29, 1.82) is 0 Å². The summed E-state index contributed by atoms with van der Waals surface area (Å²) in [5.74, 6) is -0.0591. The van der Waals surface area contributed by atoms with E-state index in [2.05, 4.69) is 51.7 Å². The molecule has 2 aromatic rings. The normalized spacial score (nSPS) is 17.7. The highest BCUT2D eigenvalue weighted by atomic mass is 32.1. The van der Waals surface area contributed by atoms with Crippen LogP contribution in [0.25, 0.3) is 11.3 Å². The molecule has 0 aromatic carbocycles. The Labute approximate surface area is 145 Å². The lowest BCUT2D eigenvalue weighted by atomic mass is 9.89. The Morgan fingerprint density at radius 1 is 1.09 bits per heavy atom. The van der Waals surface area contributed by atoms with Crippen LogP contribution in [0.15, 0.2) is 24.8 Å². The quantitative estimate of drug-likeness (QED) is 0.756. The number of amides is 1. The fourth-order valence-electron chi connectivity index (χ4n) is 3.29. The summed E-state index contributed by atoms with van der Waals surface area (Å²) in [6, 6.07) is 4.39. The number of allylic oxidation sites excluding steroid dienone is 1. The van der Waals surface area contributed by atoms with Crippen molar-refractivity contribution in [2.75, 3.05) is 0 Å². The zero-order valence-electron chi connectivity index (χ0n) is 13.9. The van der Waals surface area contributed by atoms with Crippen molar-refractivity contribution in [3.63, 3.8) is 0 Å². The topological polar surface area (TPSA) is 29.1 Å². The van der Waals surface area contributed by atoms with E-state index in [1.807, 2.05) is 6.08 Å². The van der Waals surface area contributed by atoms with Gasteiger partial charge in [-0.05, 0) is 57.4 Å². The number of carbonyl (C=O) groups is 1. The van der Waals surface area contributed by atoms with Crippen molar-refractivity contribution < 1.29 is 4.79 Å². The van der Waals surface area contributed by atoms with E-state index in [0.29, 0.717) is 6.42 Å². The fraction of sp³-hybridized carbons (Fsp3) is 0.316. The minimum atomic E-state index is -0.144. The maximum Gasteiger partial charge on any atom is 0.232 e. The van der Waals surface area contributed by atoms with Crippen LogP contribution in [0.1, 0.15) is 37.1 Å². The zero-order valence-corrected chi connectivity index (χ0v) is 15.6. The van der Waals surface area contributed by atoms with E-state index in [1.165, 1.54) is 25.1 Å². The first-order chi connectivity index (χ1) is 10.9. The predicted molar refractivity (Wildman–Crippen MR) is 101 cm³/mol. The Hall–Kier alpha value is -1.65. The van der Waals surface area contributed by atoms with Gasteiger partial charge in [0.15, 0.2) is 0 Å². The lowest BCUT2D eigenvalue weighted by Gasteiger charge is -2.11. The van der Waals surface area contributed by atoms with Gasteiger partial charge in [0.05, 0.1) is 11.6 Å². The monoisotopic (exact) mass is 343 g/mol. The molecule has 1 atom stereocenters. The van der Waals surface area contributed by atoms with E-state index >= 15 is 0 Å². The van der Waals surface area contributed by atoms with Crippen LogP contribution in [0.5, 0.6) is 0 Å². The van der Waals surface area contributed by atoms with E-state index < -0.39 is 0 Å². The summed E-state index contributed by atoms with van der Waals surface area (Å²) in [4.78, 5) is 17.6. The zero-order chi connectivity index (χ0) is 16.7. The average Bonchev–Trinajstić information content (AvgIpc) is 3.08. The Balaban J connectivity index is 2.25. The van der Waals surface area contributed by atoms with Gasteiger partial charge in [0.2, 0.25) is 5.91 Å². The number of thiophene rings is 2. The van der Waals surface area contributed by atoms with Gasteiger partial charge < -0.3 is 5.32 Å². The number of nitrogens with one attached hydrogen (secondary N) is 1. The smallest absolute Gasteiger partial charge is 0.232 e. The van der Waals surface area contributed by atoms with Crippen molar-refractivity contribution in [1.82, 2.24) is 5.32 Å². The Morgan fingerprint density at radius 2 is 1.65 bits per heavy atom. The van der Waals surface area contributed by atoms with Gasteiger partial charge in [-0.2, -0.15) is 0 Å². The van der Waals surface area contributed by atoms with Gasteiger partial charge in [0, 0.05) is 25.1 Å². The molecule has 0 saturated heterocycles. The van der Waals surface area contributed by atoms with Crippen LogP contribution in [-0.2, 0) is 4.79 Å². The van der Waals surface area contributed by atoms with Crippen molar-refractivity contribution in [3.05, 3.63) is 55.4 Å². The van der Waals surface area contributed by atoms with E-state index in [1.54, 1.807) is 22.7 Å². The predicted octanol–water partition coefficient (Wildman–Crippen LogP) is 5.23. The second-order valence-corrected chi connectivity index (χ2v) is 8.93. The molecule has 0 saturated carbocycles. The highest BCUT2D eigenvalue weighted by Gasteiger charge is 2.35. The highest BCUT2D eigenvalue weighted by Crippen LogP contribution is 2.43. The highest BCUT2D eigenvalue weighted by molar-refractivity contribution is 7.12. The van der Waals surface area contributed by atoms with Crippen LogP contribution >= 0.6 is 22.7 Å². The third kappa shape index (κ3) is 2.81. The first-order valence-corrected chi connectivity index (χ1v) is 9.36. The lowest BCUT2D eigenvalue weighted by Crippen LogP contribution is -2.21. The SMILES string of the molecule is C=CCC1C(=O)NC(c2cc(C)sc2C)=C1c1cc(C)sc1C. The first-order valence-electron chi connectivity index (χ1n) is 7.73. The summed E-state index contributed by atoms with van der Waals surface area (Å²) < 4.78 is 0. The van der Waals surface area contributed by atoms with Crippen molar-refractivity contribution in [2.45, 2.75) is 34.1 Å². The Kier molecular flexibility index (Phi) is 4.30. The number of carbonyl (C=O) groups excluding carboxylic acids is 1. The molecule has 2 aromatic heterocycles. The molecule has 4 heteroatoms. The van der Waals surface area contributed by atoms with Gasteiger partial charge in [0.1, 0.15) is 0 Å². The summed E-state index contributed by atoms with van der Waals surface area (Å²) in [7, 11) is 0. The number of aryl methyl sites for hydroxylation is 4. The molecule has 2 nitrogen and oxygen atoms in total. The Morgan fingerprint density at radius 3 is 2.13 bits per heavy atom. The second-order valence-electron chi connectivity index (χ2n) is 6.01. The summed E-state index contributed by atoms with van der Waals surface area (Å²) in [6.45, 7) is 12.3. The van der Waals surface area contributed by atoms with Gasteiger partial charge in [-0.25, -0.2) is 0 Å². The van der Waals surface area contributed by atoms with Crippen LogP contribution in [0.2, 0.25) is 0 Å². The molecule has 1 aliphatic heterocycles. The van der Waals surface area contributed by atoms with Gasteiger partial charge in [-0.15, -0.1) is 29.3 Å². The van der Waals surface area contributed by atoms with Crippen LogP contribution in [0.3, 0.4) is 0 Å². The van der Waals surface area contributed by atoms with E-state index in [4.69, 9.17) is 0 Å². The summed E-state index contributed by atoms with van der Waals surface area (Å²) >= 11 is 3.56. The van der Waals surface area contributed by atoms with E-state index in [-0.39, 0.29) is 11.8 Å². The third-order valence-corrected chi connectivity index (χ3v) is 6.16. The van der Waals surface area contributed by atoms with Crippen LogP contribution in [0, 0.1) is 33.6 Å². The molecule has 1 amide bonds. The number of hydrogen-bond acceptors (Lipinski definition) is 3. The van der Waals surface area contributed by atoms with Gasteiger partial charge >= 0.3 is 0 Å². The first kappa shape index (κ1) is 16.2. The molecule has 3 rings (SSSR count). The largest absolute Gasteiger partial charge is 0.325 e. The molecule has 0 radical (unpaired) electrons. The maximum atomic E-state index is 12.6. The molecule has 120 valence electrons. The van der Waals surface area contributed by atoms with Gasteiger partial charge in [-0.3, -0.25) is 4.79 Å². The minimum Gasteiger partial charge on any atom is -0.325 e. The maximum absolute atomic E-state index is 12.6. The molecule has 1 aliphatic rings. The molecule has 0 spiro atoms. The fourth-order valence-corrected chi connectivity index (χ4v) is 5.16. The molecule has 0 aliphatic carbocycles. The average molecular weight is 344 g/mol. The number of hydrogen-bond donors (Lipinski definition) is 1. The molecular weight excluding hydrogens is 322 g/mol. The van der Waals surface area contributed by atoms with Gasteiger partial charge in [0.25, 0.3) is 0 Å². The molecule has 0 fully saturated rings. The molecule has 1 N–H and O–H groups in total. The van der Waals surface area contributed by atoms with E-state index in [9.17, 15) is 4.79 Å². The van der Waals surface area contributed by atoms with Crippen LogP contribution < -0.4 is 5.32 Å². The van der Waals surface area contributed by atoms with Crippen LogP contribution in [-0.4, -0.2) is 5.91 Å². The molecule has 3 heterocycles. The Bertz CT molecular complexity index is 823. The van der Waals surface area contributed by atoms with E-state index in [0.717, 1.165) is 16.8 Å². The standard InChI is InChI=1S/C19H21NOS2/c1-6-7-14-17(15-8-10(2)22-12(15)4)18(20-19(14)21)16-9-11(3)23-13(16)5/h6,8-9,14H,1,7H2,2-5H3,(H,20,21). The molecule has 1 unspecified atom stereocenters. The third-order valence-electron chi connectivity index (χ3n) is 4.23.